The van der Waals surface area contributed by atoms with Gasteiger partial charge in [0.15, 0.2) is 0 Å². The van der Waals surface area contributed by atoms with Gasteiger partial charge in [-0.25, -0.2) is 23.1 Å². The molecule has 11 heteroatoms. The van der Waals surface area contributed by atoms with Crippen molar-refractivity contribution in [1.29, 1.82) is 5.26 Å². The zero-order chi connectivity index (χ0) is 27.3. The molecule has 37 heavy (non-hydrogen) atoms. The molecule has 2 aromatic rings. The third kappa shape index (κ3) is 4.73. The van der Waals surface area contributed by atoms with E-state index in [0.717, 1.165) is 22.3 Å². The fourth-order valence-electron chi connectivity index (χ4n) is 4.87. The highest BCUT2D eigenvalue weighted by atomic mass is 32.2. The van der Waals surface area contributed by atoms with Gasteiger partial charge in [0.25, 0.3) is 5.91 Å². The van der Waals surface area contributed by atoms with Gasteiger partial charge in [0.05, 0.1) is 30.1 Å². The van der Waals surface area contributed by atoms with Crippen LogP contribution < -0.4 is 14.5 Å². The number of rotatable bonds is 7. The van der Waals surface area contributed by atoms with Crippen molar-refractivity contribution in [2.45, 2.75) is 64.6 Å². The number of nitrogens with one attached hydrogen (secondary N) is 1. The van der Waals surface area contributed by atoms with Gasteiger partial charge >= 0.3 is 6.03 Å². The summed E-state index contributed by atoms with van der Waals surface area (Å²) < 4.78 is 26.3. The summed E-state index contributed by atoms with van der Waals surface area (Å²) in [5.41, 5.74) is 0.906. The van der Waals surface area contributed by atoms with Crippen LogP contribution in [-0.2, 0) is 26.8 Å². The largest absolute Gasteiger partial charge is 0.367 e. The van der Waals surface area contributed by atoms with E-state index < -0.39 is 32.9 Å². The number of hydrogen-bond donors (Lipinski definition) is 1. The SMILES string of the molecule is C[C@@H](CC#N)Nc1cc(CN2C(=O)N(c3ccc4c(c3)N(S(C)(=O)=O)CC4(C)C)C(=O)C2(C)C)ccn1. The van der Waals surface area contributed by atoms with Crippen LogP contribution >= 0.6 is 0 Å². The summed E-state index contributed by atoms with van der Waals surface area (Å²) in [4.78, 5) is 34.0. The van der Waals surface area contributed by atoms with Gasteiger partial charge in [0.1, 0.15) is 11.4 Å². The number of imide groups is 1. The molecule has 0 aliphatic carbocycles. The van der Waals surface area contributed by atoms with Gasteiger partial charge in [-0.2, -0.15) is 5.26 Å². The van der Waals surface area contributed by atoms with Crippen LogP contribution in [0.15, 0.2) is 36.5 Å². The maximum Gasteiger partial charge on any atom is 0.332 e. The van der Waals surface area contributed by atoms with E-state index in [2.05, 4.69) is 16.4 Å². The normalized spacial score (nSPS) is 19.1. The van der Waals surface area contributed by atoms with Crippen molar-refractivity contribution in [3.8, 4) is 6.07 Å². The predicted molar refractivity (Wildman–Crippen MR) is 142 cm³/mol. The molecule has 1 N–H and O–H groups in total. The standard InChI is InChI=1S/C26H32N6O4S/c1-17(9-11-27)29-22-13-18(10-12-28-22)15-30-24(34)32(23(33)26(30,4)5)19-7-8-20-21(14-19)31(37(6,35)36)16-25(20,2)3/h7-8,10,12-14,17H,9,15-16H2,1-6H3,(H,28,29)/t17-/m0/s1. The summed E-state index contributed by atoms with van der Waals surface area (Å²) in [5.74, 6) is 0.186. The Morgan fingerprint density at radius 2 is 1.86 bits per heavy atom. The minimum Gasteiger partial charge on any atom is -0.367 e. The van der Waals surface area contributed by atoms with Gasteiger partial charge in [-0.3, -0.25) is 9.10 Å². The lowest BCUT2D eigenvalue weighted by molar-refractivity contribution is -0.123. The number of hydrogen-bond acceptors (Lipinski definition) is 7. The molecule has 10 nitrogen and oxygen atoms in total. The number of pyridine rings is 1. The molecule has 2 aliphatic heterocycles. The highest BCUT2D eigenvalue weighted by Crippen LogP contribution is 2.44. The summed E-state index contributed by atoms with van der Waals surface area (Å²) in [6.07, 6.45) is 3.09. The Morgan fingerprint density at radius 3 is 2.51 bits per heavy atom. The van der Waals surface area contributed by atoms with Crippen molar-refractivity contribution >= 4 is 39.2 Å². The zero-order valence-electron chi connectivity index (χ0n) is 21.9. The number of fused-ring (bicyclic) bond motifs is 1. The summed E-state index contributed by atoms with van der Waals surface area (Å²) in [7, 11) is -3.54. The molecule has 0 spiro atoms. The number of benzene rings is 1. The number of aromatic nitrogens is 1. The van der Waals surface area contributed by atoms with Gasteiger partial charge in [-0.05, 0) is 56.2 Å². The van der Waals surface area contributed by atoms with Gasteiger partial charge in [0.2, 0.25) is 10.0 Å². The highest BCUT2D eigenvalue weighted by Gasteiger charge is 2.52. The molecule has 1 saturated heterocycles. The molecule has 4 rings (SSSR count). The smallest absolute Gasteiger partial charge is 0.332 e. The summed E-state index contributed by atoms with van der Waals surface area (Å²) >= 11 is 0. The lowest BCUT2D eigenvalue weighted by Gasteiger charge is -2.27. The van der Waals surface area contributed by atoms with Crippen LogP contribution in [0.2, 0.25) is 0 Å². The van der Waals surface area contributed by atoms with E-state index in [9.17, 15) is 18.0 Å². The molecule has 3 amide bonds. The number of sulfonamides is 1. The van der Waals surface area contributed by atoms with Crippen molar-refractivity contribution < 1.29 is 18.0 Å². The molecule has 2 aliphatic rings. The molecule has 1 atom stereocenters. The van der Waals surface area contributed by atoms with Crippen LogP contribution in [0.1, 0.15) is 52.2 Å². The Kier molecular flexibility index (Phi) is 6.44. The predicted octanol–water partition coefficient (Wildman–Crippen LogP) is 3.60. The van der Waals surface area contributed by atoms with Gasteiger partial charge in [-0.1, -0.05) is 19.9 Å². The molecule has 0 unspecified atom stereocenters. The first kappa shape index (κ1) is 26.4. The van der Waals surface area contributed by atoms with Crippen LogP contribution in [0.5, 0.6) is 0 Å². The lowest BCUT2D eigenvalue weighted by atomic mass is 9.87. The number of nitrogens with zero attached hydrogens (tertiary/aromatic N) is 5. The van der Waals surface area contributed by atoms with Crippen molar-refractivity contribution in [2.24, 2.45) is 0 Å². The maximum absolute atomic E-state index is 13.6. The molecule has 0 bridgehead atoms. The van der Waals surface area contributed by atoms with Crippen molar-refractivity contribution in [1.82, 2.24) is 9.88 Å². The summed E-state index contributed by atoms with van der Waals surface area (Å²) in [5, 5.41) is 12.1. The molecule has 0 radical (unpaired) electrons. The van der Waals surface area contributed by atoms with E-state index >= 15 is 0 Å². The third-order valence-electron chi connectivity index (χ3n) is 6.96. The van der Waals surface area contributed by atoms with Crippen LogP contribution in [0.25, 0.3) is 0 Å². The minimum atomic E-state index is -3.54. The van der Waals surface area contributed by atoms with E-state index in [1.165, 1.54) is 9.21 Å². The number of anilines is 3. The van der Waals surface area contributed by atoms with Crippen molar-refractivity contribution in [3.05, 3.63) is 47.7 Å². The summed E-state index contributed by atoms with van der Waals surface area (Å²) in [6, 6.07) is 10.2. The molecule has 1 aromatic heterocycles. The molecular formula is C26H32N6O4S. The van der Waals surface area contributed by atoms with Crippen LogP contribution in [0.4, 0.5) is 22.0 Å². The van der Waals surface area contributed by atoms with E-state index in [4.69, 9.17) is 5.26 Å². The Labute approximate surface area is 217 Å². The van der Waals surface area contributed by atoms with E-state index in [-0.39, 0.29) is 19.1 Å². The monoisotopic (exact) mass is 524 g/mol. The van der Waals surface area contributed by atoms with Crippen LogP contribution in [-0.4, -0.2) is 54.6 Å². The van der Waals surface area contributed by atoms with E-state index in [1.807, 2.05) is 20.8 Å². The first-order chi connectivity index (χ1) is 17.2. The lowest BCUT2D eigenvalue weighted by Crippen LogP contribution is -2.43. The van der Waals surface area contributed by atoms with Crippen LogP contribution in [0, 0.1) is 11.3 Å². The number of amides is 3. The Bertz CT molecular complexity index is 1410. The van der Waals surface area contributed by atoms with E-state index in [0.29, 0.717) is 23.6 Å². The second kappa shape index (κ2) is 9.03. The Hall–Kier alpha value is -3.65. The third-order valence-corrected chi connectivity index (χ3v) is 8.08. The topological polar surface area (TPSA) is 127 Å². The first-order valence-electron chi connectivity index (χ1n) is 12.0. The average Bonchev–Trinajstić information content (AvgIpc) is 3.16. The average molecular weight is 525 g/mol. The van der Waals surface area contributed by atoms with Gasteiger partial charge in [-0.15, -0.1) is 0 Å². The van der Waals surface area contributed by atoms with Crippen molar-refractivity contribution in [3.63, 3.8) is 0 Å². The quantitative estimate of drug-likeness (QED) is 0.548. The molecule has 196 valence electrons. The Morgan fingerprint density at radius 1 is 1.16 bits per heavy atom. The second-order valence-corrected chi connectivity index (χ2v) is 12.8. The number of carbonyl (C=O) groups excluding carboxylic acids is 2. The number of carbonyl (C=O) groups is 2. The molecule has 3 heterocycles. The maximum atomic E-state index is 13.6. The zero-order valence-corrected chi connectivity index (χ0v) is 22.8. The summed E-state index contributed by atoms with van der Waals surface area (Å²) in [6.45, 7) is 9.66. The highest BCUT2D eigenvalue weighted by molar-refractivity contribution is 7.92. The van der Waals surface area contributed by atoms with Crippen LogP contribution in [0.3, 0.4) is 0 Å². The fraction of sp³-hybridized carbons (Fsp3) is 0.462. The fourth-order valence-corrected chi connectivity index (χ4v) is 5.93. The molecular weight excluding hydrogens is 492 g/mol. The molecule has 1 fully saturated rings. The second-order valence-electron chi connectivity index (χ2n) is 10.9. The Balaban J connectivity index is 1.65. The number of urea groups is 1. The van der Waals surface area contributed by atoms with Crippen molar-refractivity contribution in [2.75, 3.05) is 27.3 Å². The van der Waals surface area contributed by atoms with E-state index in [1.54, 1.807) is 50.4 Å². The number of nitriles is 1. The minimum absolute atomic E-state index is 0.0917. The van der Waals surface area contributed by atoms with Gasteiger partial charge < -0.3 is 10.2 Å². The first-order valence-corrected chi connectivity index (χ1v) is 13.9. The van der Waals surface area contributed by atoms with Gasteiger partial charge in [0, 0.05) is 30.7 Å². The molecule has 1 aromatic carbocycles. The molecule has 0 saturated carbocycles.